The van der Waals surface area contributed by atoms with Crippen molar-refractivity contribution >= 4 is 31.8 Å². The Hall–Kier alpha value is -1.44. The molecule has 0 unspecified atom stereocenters. The van der Waals surface area contributed by atoms with E-state index in [-0.39, 0.29) is 11.5 Å². The number of sulfonamides is 1. The van der Waals surface area contributed by atoms with Crippen LogP contribution >= 0.6 is 15.9 Å². The Morgan fingerprint density at radius 2 is 1.95 bits per heavy atom. The summed E-state index contributed by atoms with van der Waals surface area (Å²) in [5, 5.41) is 8.95. The van der Waals surface area contributed by atoms with Gasteiger partial charge in [-0.25, -0.2) is 13.4 Å². The van der Waals surface area contributed by atoms with Crippen LogP contribution in [0.25, 0.3) is 0 Å². The predicted molar refractivity (Wildman–Crippen MR) is 79.8 cm³/mol. The van der Waals surface area contributed by atoms with Gasteiger partial charge >= 0.3 is 0 Å². The topological polar surface area (TPSA) is 79.3 Å². The molecule has 2 aromatic rings. The summed E-state index contributed by atoms with van der Waals surface area (Å²) in [6.07, 6.45) is 1.53. The lowest BCUT2D eigenvalue weighted by Crippen LogP contribution is -2.14. The van der Waals surface area contributed by atoms with Crippen molar-refractivity contribution in [3.63, 3.8) is 0 Å². The van der Waals surface area contributed by atoms with E-state index >= 15 is 0 Å². The molecule has 0 aliphatic carbocycles. The van der Waals surface area contributed by atoms with Crippen molar-refractivity contribution in [3.8, 4) is 0 Å². The van der Waals surface area contributed by atoms with Crippen LogP contribution in [-0.4, -0.2) is 18.5 Å². The van der Waals surface area contributed by atoms with E-state index in [1.54, 1.807) is 25.1 Å². The zero-order valence-corrected chi connectivity index (χ0v) is 13.1. The summed E-state index contributed by atoms with van der Waals surface area (Å²) in [7, 11) is -3.68. The number of benzene rings is 1. The molecule has 7 heteroatoms. The summed E-state index contributed by atoms with van der Waals surface area (Å²) >= 11 is 3.27. The zero-order valence-electron chi connectivity index (χ0n) is 10.7. The summed E-state index contributed by atoms with van der Waals surface area (Å²) in [5.41, 5.74) is 1.37. The molecule has 20 heavy (non-hydrogen) atoms. The van der Waals surface area contributed by atoms with Crippen LogP contribution in [0.5, 0.6) is 0 Å². The van der Waals surface area contributed by atoms with E-state index in [2.05, 4.69) is 25.6 Å². The van der Waals surface area contributed by atoms with Crippen LogP contribution in [0.1, 0.15) is 11.1 Å². The van der Waals surface area contributed by atoms with Gasteiger partial charge in [-0.15, -0.1) is 0 Å². The predicted octanol–water partition coefficient (Wildman–Crippen LogP) is 2.45. The molecule has 0 saturated carbocycles. The van der Waals surface area contributed by atoms with Gasteiger partial charge in [0.1, 0.15) is 5.82 Å². The van der Waals surface area contributed by atoms with Crippen LogP contribution in [-0.2, 0) is 16.6 Å². The number of hydrogen-bond acceptors (Lipinski definition) is 4. The third kappa shape index (κ3) is 3.36. The molecule has 5 nitrogen and oxygen atoms in total. The number of pyridine rings is 1. The molecule has 0 amide bonds. The first-order valence-corrected chi connectivity index (χ1v) is 8.05. The largest absolute Gasteiger partial charge is 0.392 e. The second-order valence-corrected chi connectivity index (χ2v) is 6.82. The van der Waals surface area contributed by atoms with Gasteiger partial charge in [-0.05, 0) is 52.2 Å². The van der Waals surface area contributed by atoms with E-state index in [1.807, 2.05) is 0 Å². The van der Waals surface area contributed by atoms with Crippen LogP contribution in [0.2, 0.25) is 0 Å². The minimum atomic E-state index is -3.68. The first-order chi connectivity index (χ1) is 9.42. The smallest absolute Gasteiger partial charge is 0.263 e. The number of aliphatic hydroxyl groups excluding tert-OH is 1. The number of rotatable bonds is 4. The molecular weight excluding hydrogens is 344 g/mol. The van der Waals surface area contributed by atoms with Crippen LogP contribution in [0.4, 0.5) is 5.82 Å². The van der Waals surface area contributed by atoms with Crippen molar-refractivity contribution in [2.24, 2.45) is 0 Å². The quantitative estimate of drug-likeness (QED) is 0.881. The van der Waals surface area contributed by atoms with Gasteiger partial charge in [-0.1, -0.05) is 12.1 Å². The Kier molecular flexibility index (Phi) is 4.42. The molecule has 0 radical (unpaired) electrons. The summed E-state index contributed by atoms with van der Waals surface area (Å²) in [5.74, 6) is 0.291. The van der Waals surface area contributed by atoms with Gasteiger partial charge in [0.25, 0.3) is 10.0 Å². The van der Waals surface area contributed by atoms with Gasteiger partial charge in [0.2, 0.25) is 0 Å². The lowest BCUT2D eigenvalue weighted by molar-refractivity contribution is 0.282. The molecular formula is C13H13BrN2O3S. The lowest BCUT2D eigenvalue weighted by Gasteiger charge is -2.10. The number of anilines is 1. The zero-order chi connectivity index (χ0) is 14.8. The van der Waals surface area contributed by atoms with Crippen molar-refractivity contribution in [3.05, 3.63) is 52.1 Å². The summed E-state index contributed by atoms with van der Waals surface area (Å²) in [4.78, 5) is 4.17. The fourth-order valence-electron chi connectivity index (χ4n) is 1.61. The summed E-state index contributed by atoms with van der Waals surface area (Å²) in [6.45, 7) is 1.64. The van der Waals surface area contributed by atoms with Crippen LogP contribution in [0, 0.1) is 6.92 Å². The Bertz CT molecular complexity index is 715. The number of aromatic nitrogens is 1. The van der Waals surface area contributed by atoms with E-state index in [0.29, 0.717) is 11.4 Å². The molecule has 1 aromatic heterocycles. The highest BCUT2D eigenvalue weighted by atomic mass is 79.9. The molecule has 0 bridgehead atoms. The number of nitrogens with zero attached hydrogens (tertiary/aromatic N) is 1. The molecule has 0 fully saturated rings. The average Bonchev–Trinajstić information content (AvgIpc) is 2.42. The lowest BCUT2D eigenvalue weighted by atomic mass is 10.2. The first-order valence-electron chi connectivity index (χ1n) is 5.77. The van der Waals surface area contributed by atoms with Crippen molar-refractivity contribution in [2.75, 3.05) is 4.72 Å². The van der Waals surface area contributed by atoms with Gasteiger partial charge in [-0.2, -0.15) is 0 Å². The SMILES string of the molecule is Cc1cc(Br)cnc1NS(=O)(=O)c1ccc(CO)cc1. The minimum Gasteiger partial charge on any atom is -0.392 e. The number of aryl methyl sites for hydroxylation is 1. The standard InChI is InChI=1S/C13H13BrN2O3S/c1-9-6-11(14)7-15-13(9)16-20(18,19)12-4-2-10(8-17)3-5-12/h2-7,17H,8H2,1H3,(H,15,16). The van der Waals surface area contributed by atoms with E-state index in [9.17, 15) is 8.42 Å². The maximum atomic E-state index is 12.2. The van der Waals surface area contributed by atoms with Crippen LogP contribution in [0.3, 0.4) is 0 Å². The average molecular weight is 357 g/mol. The Morgan fingerprint density at radius 1 is 1.30 bits per heavy atom. The second-order valence-electron chi connectivity index (χ2n) is 4.23. The number of nitrogens with one attached hydrogen (secondary N) is 1. The molecule has 0 aliphatic rings. The molecule has 0 atom stereocenters. The molecule has 106 valence electrons. The molecule has 1 aromatic carbocycles. The highest BCUT2D eigenvalue weighted by molar-refractivity contribution is 9.10. The third-order valence-corrected chi connectivity index (χ3v) is 4.48. The Balaban J connectivity index is 2.30. The molecule has 1 heterocycles. The van der Waals surface area contributed by atoms with Crippen molar-refractivity contribution in [1.29, 1.82) is 0 Å². The maximum absolute atomic E-state index is 12.2. The number of hydrogen-bond donors (Lipinski definition) is 2. The monoisotopic (exact) mass is 356 g/mol. The van der Waals surface area contributed by atoms with Crippen molar-refractivity contribution in [2.45, 2.75) is 18.4 Å². The Morgan fingerprint density at radius 3 is 2.50 bits per heavy atom. The van der Waals surface area contributed by atoms with Gasteiger partial charge in [0.05, 0.1) is 11.5 Å². The van der Waals surface area contributed by atoms with Gasteiger partial charge in [-0.3, -0.25) is 4.72 Å². The fourth-order valence-corrected chi connectivity index (χ4v) is 3.13. The number of halogens is 1. The van der Waals surface area contributed by atoms with E-state index in [1.165, 1.54) is 18.3 Å². The Labute approximate surface area is 125 Å². The third-order valence-electron chi connectivity index (χ3n) is 2.69. The van der Waals surface area contributed by atoms with Crippen molar-refractivity contribution in [1.82, 2.24) is 4.98 Å². The van der Waals surface area contributed by atoms with E-state index < -0.39 is 10.0 Å². The molecule has 0 saturated heterocycles. The maximum Gasteiger partial charge on any atom is 0.263 e. The van der Waals surface area contributed by atoms with E-state index in [0.717, 1.165) is 10.0 Å². The molecule has 0 spiro atoms. The highest BCUT2D eigenvalue weighted by Crippen LogP contribution is 2.20. The highest BCUT2D eigenvalue weighted by Gasteiger charge is 2.16. The molecule has 0 aliphatic heterocycles. The first kappa shape index (κ1) is 15.0. The van der Waals surface area contributed by atoms with E-state index in [4.69, 9.17) is 5.11 Å². The molecule has 2 rings (SSSR count). The fraction of sp³-hybridized carbons (Fsp3) is 0.154. The van der Waals surface area contributed by atoms with Gasteiger partial charge < -0.3 is 5.11 Å². The number of aliphatic hydroxyl groups is 1. The minimum absolute atomic E-state index is 0.124. The molecule has 2 N–H and O–H groups in total. The van der Waals surface area contributed by atoms with Crippen LogP contribution < -0.4 is 4.72 Å². The normalized spacial score (nSPS) is 11.3. The van der Waals surface area contributed by atoms with Crippen LogP contribution in [0.15, 0.2) is 45.9 Å². The van der Waals surface area contributed by atoms with Crippen molar-refractivity contribution < 1.29 is 13.5 Å². The summed E-state index contributed by atoms with van der Waals surface area (Å²) < 4.78 is 27.7. The second kappa shape index (κ2) is 5.90. The summed E-state index contributed by atoms with van der Waals surface area (Å²) in [6, 6.07) is 7.80. The van der Waals surface area contributed by atoms with Gasteiger partial charge in [0.15, 0.2) is 0 Å². The van der Waals surface area contributed by atoms with Gasteiger partial charge in [0, 0.05) is 10.7 Å².